The van der Waals surface area contributed by atoms with Crippen molar-refractivity contribution in [2.24, 2.45) is 0 Å². The van der Waals surface area contributed by atoms with Crippen molar-refractivity contribution >= 4 is 29.2 Å². The molecule has 164 valence electrons. The van der Waals surface area contributed by atoms with Gasteiger partial charge >= 0.3 is 5.97 Å². The zero-order valence-corrected chi connectivity index (χ0v) is 18.2. The minimum absolute atomic E-state index is 0.0322. The summed E-state index contributed by atoms with van der Waals surface area (Å²) in [7, 11) is 5.63. The summed E-state index contributed by atoms with van der Waals surface area (Å²) < 4.78 is 21.1. The third-order valence-corrected chi connectivity index (χ3v) is 5.11. The molecule has 31 heavy (non-hydrogen) atoms. The Balaban J connectivity index is 2.01. The summed E-state index contributed by atoms with van der Waals surface area (Å²) in [6.45, 7) is 3.27. The Bertz CT molecular complexity index is 1070. The number of benzene rings is 2. The summed E-state index contributed by atoms with van der Waals surface area (Å²) >= 11 is 0. The highest BCUT2D eigenvalue weighted by Gasteiger charge is 2.50. The van der Waals surface area contributed by atoms with Gasteiger partial charge in [0.1, 0.15) is 5.75 Å². The van der Waals surface area contributed by atoms with E-state index in [-0.39, 0.29) is 22.7 Å². The number of rotatable bonds is 5. The molecule has 1 atom stereocenters. The molecule has 1 aliphatic heterocycles. The maximum atomic E-state index is 13.2. The number of ether oxygens (including phenoxy) is 4. The van der Waals surface area contributed by atoms with E-state index in [4.69, 9.17) is 18.9 Å². The minimum Gasteiger partial charge on any atom is -0.493 e. The highest BCUT2D eigenvalue weighted by Crippen LogP contribution is 2.39. The summed E-state index contributed by atoms with van der Waals surface area (Å²) in [6.07, 6.45) is 0. The van der Waals surface area contributed by atoms with Gasteiger partial charge in [-0.2, -0.15) is 0 Å². The number of hydrogen-bond acceptors (Lipinski definition) is 7. The van der Waals surface area contributed by atoms with E-state index in [1.807, 2.05) is 13.0 Å². The highest BCUT2D eigenvalue weighted by atomic mass is 16.5. The van der Waals surface area contributed by atoms with E-state index in [1.165, 1.54) is 45.3 Å². The SMILES string of the molecule is COC(=O)c1cc(OC)c(OC)cc1NC(=O)C1(C)Oc2ccc(C)cc2N(C)C1=O. The molecular formula is C22H24N2O7. The van der Waals surface area contributed by atoms with Crippen LogP contribution in [0.25, 0.3) is 0 Å². The van der Waals surface area contributed by atoms with Crippen molar-refractivity contribution in [2.75, 3.05) is 38.6 Å². The van der Waals surface area contributed by atoms with Gasteiger partial charge in [-0.3, -0.25) is 9.59 Å². The molecule has 1 unspecified atom stereocenters. The monoisotopic (exact) mass is 428 g/mol. The van der Waals surface area contributed by atoms with Gasteiger partial charge in [0.15, 0.2) is 11.5 Å². The molecular weight excluding hydrogens is 404 g/mol. The smallest absolute Gasteiger partial charge is 0.340 e. The Hall–Kier alpha value is -3.75. The predicted molar refractivity (Wildman–Crippen MR) is 113 cm³/mol. The molecule has 0 aromatic heterocycles. The van der Waals surface area contributed by atoms with Crippen molar-refractivity contribution in [1.29, 1.82) is 0 Å². The molecule has 2 aromatic rings. The number of nitrogens with zero attached hydrogens (tertiary/aromatic N) is 1. The van der Waals surface area contributed by atoms with Crippen LogP contribution in [0.3, 0.4) is 0 Å². The van der Waals surface area contributed by atoms with Crippen LogP contribution in [0.2, 0.25) is 0 Å². The lowest BCUT2D eigenvalue weighted by molar-refractivity contribution is -0.144. The molecule has 9 nitrogen and oxygen atoms in total. The molecule has 0 fully saturated rings. The largest absolute Gasteiger partial charge is 0.493 e. The summed E-state index contributed by atoms with van der Waals surface area (Å²) in [6, 6.07) is 8.13. The molecule has 1 N–H and O–H groups in total. The van der Waals surface area contributed by atoms with E-state index >= 15 is 0 Å². The first-order valence-corrected chi connectivity index (χ1v) is 9.39. The first-order chi connectivity index (χ1) is 14.7. The van der Waals surface area contributed by atoms with Crippen LogP contribution in [0, 0.1) is 6.92 Å². The number of nitrogens with one attached hydrogen (secondary N) is 1. The Kier molecular flexibility index (Phi) is 5.79. The van der Waals surface area contributed by atoms with Gasteiger partial charge in [0, 0.05) is 19.2 Å². The van der Waals surface area contributed by atoms with Crippen molar-refractivity contribution in [3.63, 3.8) is 0 Å². The molecule has 0 aliphatic carbocycles. The number of esters is 1. The van der Waals surface area contributed by atoms with Gasteiger partial charge in [-0.1, -0.05) is 6.07 Å². The first-order valence-electron chi connectivity index (χ1n) is 9.39. The minimum atomic E-state index is -1.86. The number of carbonyl (C=O) groups is 3. The van der Waals surface area contributed by atoms with E-state index in [1.54, 1.807) is 19.2 Å². The molecule has 0 radical (unpaired) electrons. The molecule has 1 aliphatic rings. The van der Waals surface area contributed by atoms with Crippen molar-refractivity contribution < 1.29 is 33.3 Å². The predicted octanol–water partition coefficient (Wildman–Crippen LogP) is 2.55. The molecule has 9 heteroatoms. The third kappa shape index (κ3) is 3.74. The second-order valence-corrected chi connectivity index (χ2v) is 7.17. The molecule has 0 bridgehead atoms. The average molecular weight is 428 g/mol. The normalized spacial score (nSPS) is 17.4. The Morgan fingerprint density at radius 3 is 2.32 bits per heavy atom. The van der Waals surface area contributed by atoms with Crippen molar-refractivity contribution in [1.82, 2.24) is 0 Å². The van der Waals surface area contributed by atoms with Gasteiger partial charge in [0.05, 0.1) is 38.3 Å². The summed E-state index contributed by atoms with van der Waals surface area (Å²) in [5, 5.41) is 2.61. The molecule has 1 heterocycles. The lowest BCUT2D eigenvalue weighted by Gasteiger charge is -2.38. The number of aryl methyl sites for hydroxylation is 1. The molecule has 0 saturated carbocycles. The fourth-order valence-corrected chi connectivity index (χ4v) is 3.32. The number of amides is 2. The number of likely N-dealkylation sites (N-methyl/N-ethyl adjacent to an activating group) is 1. The van der Waals surface area contributed by atoms with Crippen LogP contribution in [0.5, 0.6) is 17.2 Å². The zero-order chi connectivity index (χ0) is 22.9. The van der Waals surface area contributed by atoms with Gasteiger partial charge in [-0.25, -0.2) is 4.79 Å². The van der Waals surface area contributed by atoms with Crippen LogP contribution in [0.1, 0.15) is 22.8 Å². The van der Waals surface area contributed by atoms with Gasteiger partial charge < -0.3 is 29.2 Å². The number of anilines is 2. The molecule has 0 saturated heterocycles. The van der Waals surface area contributed by atoms with Crippen LogP contribution < -0.4 is 24.4 Å². The second kappa shape index (κ2) is 8.17. The zero-order valence-electron chi connectivity index (χ0n) is 18.2. The van der Waals surface area contributed by atoms with Gasteiger partial charge in [-0.15, -0.1) is 0 Å². The fourth-order valence-electron chi connectivity index (χ4n) is 3.32. The first kappa shape index (κ1) is 21.9. The van der Waals surface area contributed by atoms with Gasteiger partial charge in [0.25, 0.3) is 17.4 Å². The van der Waals surface area contributed by atoms with Crippen LogP contribution in [0.15, 0.2) is 30.3 Å². The Morgan fingerprint density at radius 1 is 1.06 bits per heavy atom. The molecule has 0 spiro atoms. The maximum Gasteiger partial charge on any atom is 0.340 e. The van der Waals surface area contributed by atoms with E-state index in [0.29, 0.717) is 11.4 Å². The second-order valence-electron chi connectivity index (χ2n) is 7.17. The topological polar surface area (TPSA) is 103 Å². The summed E-state index contributed by atoms with van der Waals surface area (Å²) in [5.41, 5.74) is -0.230. The molecule has 2 amide bonds. The number of methoxy groups -OCH3 is 3. The Labute approximate surface area is 179 Å². The van der Waals surface area contributed by atoms with Crippen molar-refractivity contribution in [3.05, 3.63) is 41.5 Å². The van der Waals surface area contributed by atoms with Crippen molar-refractivity contribution in [2.45, 2.75) is 19.4 Å². The molecule has 3 rings (SSSR count). The van der Waals surface area contributed by atoms with Crippen LogP contribution in [-0.4, -0.2) is 51.8 Å². The molecule has 2 aromatic carbocycles. The van der Waals surface area contributed by atoms with Crippen LogP contribution in [-0.2, 0) is 14.3 Å². The number of hydrogen-bond donors (Lipinski definition) is 1. The number of carbonyl (C=O) groups excluding carboxylic acids is 3. The van der Waals surface area contributed by atoms with E-state index in [9.17, 15) is 14.4 Å². The van der Waals surface area contributed by atoms with E-state index < -0.39 is 23.4 Å². The van der Waals surface area contributed by atoms with Gasteiger partial charge in [0.2, 0.25) is 0 Å². The maximum absolute atomic E-state index is 13.2. The fraction of sp³-hybridized carbons (Fsp3) is 0.318. The van der Waals surface area contributed by atoms with Crippen LogP contribution >= 0.6 is 0 Å². The summed E-state index contributed by atoms with van der Waals surface area (Å²) in [5.74, 6) is -1.05. The highest BCUT2D eigenvalue weighted by molar-refractivity contribution is 6.20. The Morgan fingerprint density at radius 2 is 1.71 bits per heavy atom. The lowest BCUT2D eigenvalue weighted by Crippen LogP contribution is -2.59. The third-order valence-electron chi connectivity index (χ3n) is 5.11. The lowest BCUT2D eigenvalue weighted by atomic mass is 9.99. The van der Waals surface area contributed by atoms with E-state index in [0.717, 1.165) is 5.56 Å². The standard InChI is InChI=1S/C22H24N2O7/c1-12-7-8-16-15(9-12)24(3)21(27)22(2,31-16)20(26)23-14-11-18(29-5)17(28-4)10-13(14)19(25)30-6/h7-11H,1-6H3,(H,23,26). The van der Waals surface area contributed by atoms with Gasteiger partial charge in [-0.05, 0) is 31.5 Å². The van der Waals surface area contributed by atoms with Crippen molar-refractivity contribution in [3.8, 4) is 17.2 Å². The van der Waals surface area contributed by atoms with Crippen LogP contribution in [0.4, 0.5) is 11.4 Å². The summed E-state index contributed by atoms with van der Waals surface area (Å²) in [4.78, 5) is 39.9. The average Bonchev–Trinajstić information content (AvgIpc) is 2.77. The van der Waals surface area contributed by atoms with E-state index in [2.05, 4.69) is 5.32 Å². The number of fused-ring (bicyclic) bond motifs is 1. The quantitative estimate of drug-likeness (QED) is 0.577.